The molecule has 1 amide bonds. The smallest absolute Gasteiger partial charge is 0.252 e. The van der Waals surface area contributed by atoms with Crippen molar-refractivity contribution in [2.75, 3.05) is 6.54 Å². The molecule has 0 spiro atoms. The van der Waals surface area contributed by atoms with Crippen molar-refractivity contribution in [2.24, 2.45) is 0 Å². The maximum Gasteiger partial charge on any atom is 0.252 e. The van der Waals surface area contributed by atoms with E-state index in [0.717, 1.165) is 0 Å². The highest BCUT2D eigenvalue weighted by atomic mass is 32.1. The fourth-order valence-corrected chi connectivity index (χ4v) is 2.69. The molecule has 0 unspecified atom stereocenters. The fourth-order valence-electron chi connectivity index (χ4n) is 2.05. The van der Waals surface area contributed by atoms with E-state index in [9.17, 15) is 9.90 Å². The molecule has 5 nitrogen and oxygen atoms in total. The third kappa shape index (κ3) is 2.63. The van der Waals surface area contributed by atoms with Crippen molar-refractivity contribution in [3.63, 3.8) is 0 Å². The Balaban J connectivity index is 1.83. The van der Waals surface area contributed by atoms with Crippen LogP contribution in [0.3, 0.4) is 0 Å². The Morgan fingerprint density at radius 1 is 1.33 bits per heavy atom. The van der Waals surface area contributed by atoms with Gasteiger partial charge < -0.3 is 19.3 Å². The van der Waals surface area contributed by atoms with Crippen LogP contribution in [0.15, 0.2) is 62.6 Å². The van der Waals surface area contributed by atoms with Gasteiger partial charge in [-0.2, -0.15) is 11.3 Å². The average Bonchev–Trinajstić information content (AvgIpc) is 3.27. The zero-order valence-corrected chi connectivity index (χ0v) is 11.8. The minimum atomic E-state index is -1.47. The van der Waals surface area contributed by atoms with Gasteiger partial charge in [0.2, 0.25) is 0 Å². The highest BCUT2D eigenvalue weighted by Gasteiger charge is 2.36. The molecular formula is C15H13NO4S. The van der Waals surface area contributed by atoms with Gasteiger partial charge in [-0.15, -0.1) is 0 Å². The van der Waals surface area contributed by atoms with Crippen LogP contribution in [-0.4, -0.2) is 17.6 Å². The van der Waals surface area contributed by atoms with Crippen LogP contribution in [0, 0.1) is 0 Å². The molecule has 0 aromatic carbocycles. The maximum atomic E-state index is 12.0. The molecule has 0 aliphatic heterocycles. The summed E-state index contributed by atoms with van der Waals surface area (Å²) < 4.78 is 10.3. The lowest BCUT2D eigenvalue weighted by Gasteiger charge is -2.25. The van der Waals surface area contributed by atoms with Gasteiger partial charge in [-0.1, -0.05) is 0 Å². The summed E-state index contributed by atoms with van der Waals surface area (Å²) in [6.45, 7) is -0.0191. The summed E-state index contributed by atoms with van der Waals surface area (Å²) in [4.78, 5) is 12.0. The van der Waals surface area contributed by atoms with Gasteiger partial charge in [0.05, 0.1) is 25.3 Å². The van der Waals surface area contributed by atoms with E-state index in [1.807, 2.05) is 5.38 Å². The molecule has 3 aromatic rings. The van der Waals surface area contributed by atoms with E-state index in [-0.39, 0.29) is 12.5 Å². The average molecular weight is 303 g/mol. The van der Waals surface area contributed by atoms with Gasteiger partial charge in [0.25, 0.3) is 5.91 Å². The van der Waals surface area contributed by atoms with Gasteiger partial charge in [-0.05, 0) is 29.6 Å². The zero-order valence-electron chi connectivity index (χ0n) is 11.0. The maximum absolute atomic E-state index is 12.0. The quantitative estimate of drug-likeness (QED) is 0.759. The molecule has 0 radical (unpaired) electrons. The number of nitrogens with one attached hydrogen (secondary N) is 1. The van der Waals surface area contributed by atoms with Crippen LogP contribution in [0.4, 0.5) is 0 Å². The third-order valence-electron chi connectivity index (χ3n) is 3.22. The third-order valence-corrected chi connectivity index (χ3v) is 3.90. The molecule has 0 saturated carbocycles. The van der Waals surface area contributed by atoms with Crippen LogP contribution in [0.5, 0.6) is 0 Å². The molecule has 3 aromatic heterocycles. The first-order valence-corrected chi connectivity index (χ1v) is 7.24. The molecular weight excluding hydrogens is 290 g/mol. The van der Waals surface area contributed by atoms with E-state index in [1.165, 1.54) is 30.1 Å². The predicted molar refractivity (Wildman–Crippen MR) is 77.1 cm³/mol. The monoisotopic (exact) mass is 303 g/mol. The molecule has 0 aliphatic rings. The summed E-state index contributed by atoms with van der Waals surface area (Å²) >= 11 is 1.44. The van der Waals surface area contributed by atoms with Crippen LogP contribution in [0.1, 0.15) is 21.7 Å². The molecule has 108 valence electrons. The van der Waals surface area contributed by atoms with Crippen LogP contribution < -0.4 is 5.32 Å². The minimum absolute atomic E-state index is 0.0191. The molecule has 0 aliphatic carbocycles. The number of hydrogen-bond donors (Lipinski definition) is 2. The molecule has 0 bridgehead atoms. The summed E-state index contributed by atoms with van der Waals surface area (Å²) in [5, 5.41) is 17.2. The highest BCUT2D eigenvalue weighted by molar-refractivity contribution is 7.08. The normalized spacial score (nSPS) is 13.8. The summed E-state index contributed by atoms with van der Waals surface area (Å²) in [7, 11) is 0. The SMILES string of the molecule is O=C(NC[C@](O)(c1ccoc1)c1ccco1)c1ccsc1. The number of carbonyl (C=O) groups excluding carboxylic acids is 1. The van der Waals surface area contributed by atoms with Crippen molar-refractivity contribution in [1.29, 1.82) is 0 Å². The fraction of sp³-hybridized carbons (Fsp3) is 0.133. The van der Waals surface area contributed by atoms with Crippen molar-refractivity contribution in [2.45, 2.75) is 5.60 Å². The second-order valence-electron chi connectivity index (χ2n) is 4.54. The van der Waals surface area contributed by atoms with E-state index >= 15 is 0 Å². The molecule has 0 fully saturated rings. The lowest BCUT2D eigenvalue weighted by atomic mass is 9.93. The zero-order chi connectivity index (χ0) is 14.7. The van der Waals surface area contributed by atoms with Crippen LogP contribution in [-0.2, 0) is 5.60 Å². The molecule has 6 heteroatoms. The van der Waals surface area contributed by atoms with Gasteiger partial charge >= 0.3 is 0 Å². The summed E-state index contributed by atoms with van der Waals surface area (Å²) in [5.74, 6) is 0.0965. The van der Waals surface area contributed by atoms with Crippen molar-refractivity contribution in [3.8, 4) is 0 Å². The number of furan rings is 2. The molecule has 1 atom stereocenters. The first-order valence-electron chi connectivity index (χ1n) is 6.29. The van der Waals surface area contributed by atoms with Crippen LogP contribution in [0.2, 0.25) is 0 Å². The Morgan fingerprint density at radius 2 is 2.24 bits per heavy atom. The molecule has 21 heavy (non-hydrogen) atoms. The van der Waals surface area contributed by atoms with Crippen molar-refractivity contribution in [3.05, 3.63) is 70.7 Å². The van der Waals surface area contributed by atoms with E-state index in [4.69, 9.17) is 8.83 Å². The number of hydrogen-bond acceptors (Lipinski definition) is 5. The second-order valence-corrected chi connectivity index (χ2v) is 5.32. The number of thiophene rings is 1. The Hall–Kier alpha value is -2.31. The highest BCUT2D eigenvalue weighted by Crippen LogP contribution is 2.29. The van der Waals surface area contributed by atoms with Gasteiger partial charge in [0.15, 0.2) is 5.60 Å². The van der Waals surface area contributed by atoms with Crippen molar-refractivity contribution >= 4 is 17.2 Å². The van der Waals surface area contributed by atoms with Crippen molar-refractivity contribution < 1.29 is 18.7 Å². The second kappa shape index (κ2) is 5.59. The van der Waals surface area contributed by atoms with Crippen LogP contribution >= 0.6 is 11.3 Å². The summed E-state index contributed by atoms with van der Waals surface area (Å²) in [6, 6.07) is 6.70. The number of amides is 1. The van der Waals surface area contributed by atoms with E-state index < -0.39 is 5.60 Å². The van der Waals surface area contributed by atoms with Crippen molar-refractivity contribution in [1.82, 2.24) is 5.32 Å². The van der Waals surface area contributed by atoms with E-state index in [2.05, 4.69) is 5.32 Å². The van der Waals surface area contributed by atoms with E-state index in [1.54, 1.807) is 29.6 Å². The van der Waals surface area contributed by atoms with Gasteiger partial charge in [-0.3, -0.25) is 4.79 Å². The molecule has 2 N–H and O–H groups in total. The predicted octanol–water partition coefficient (Wildman–Crippen LogP) is 2.60. The number of aliphatic hydroxyl groups is 1. The number of carbonyl (C=O) groups is 1. The van der Waals surface area contributed by atoms with Gasteiger partial charge in [0.1, 0.15) is 5.76 Å². The summed E-state index contributed by atoms with van der Waals surface area (Å²) in [6.07, 6.45) is 4.37. The first kappa shape index (κ1) is 13.7. The molecule has 0 saturated heterocycles. The Bertz CT molecular complexity index is 652. The Kier molecular flexibility index (Phi) is 3.64. The summed E-state index contributed by atoms with van der Waals surface area (Å²) in [5.41, 5.74) is -0.389. The first-order chi connectivity index (χ1) is 10.2. The van der Waals surface area contributed by atoms with E-state index in [0.29, 0.717) is 16.9 Å². The molecule has 3 heterocycles. The lowest BCUT2D eigenvalue weighted by Crippen LogP contribution is -2.41. The standard InChI is InChI=1S/C15H13NO4S/c17-14(11-4-7-21-9-11)16-10-15(18,12-3-6-19-8-12)13-2-1-5-20-13/h1-9,18H,10H2,(H,16,17)/t15-/m0/s1. The lowest BCUT2D eigenvalue weighted by molar-refractivity contribution is 0.0520. The largest absolute Gasteiger partial charge is 0.472 e. The Labute approximate surface area is 124 Å². The minimum Gasteiger partial charge on any atom is -0.472 e. The Morgan fingerprint density at radius 3 is 2.86 bits per heavy atom. The topological polar surface area (TPSA) is 75.6 Å². The van der Waals surface area contributed by atoms with Gasteiger partial charge in [0, 0.05) is 16.5 Å². The number of rotatable bonds is 5. The van der Waals surface area contributed by atoms with Crippen LogP contribution in [0.25, 0.3) is 0 Å². The van der Waals surface area contributed by atoms with Gasteiger partial charge in [-0.25, -0.2) is 0 Å². The molecule has 3 rings (SSSR count).